The Morgan fingerprint density at radius 3 is 2.65 bits per heavy atom. The predicted octanol–water partition coefficient (Wildman–Crippen LogP) is 2.55. The van der Waals surface area contributed by atoms with Crippen LogP contribution >= 0.6 is 0 Å². The van der Waals surface area contributed by atoms with E-state index in [0.717, 1.165) is 11.9 Å². The van der Waals surface area contributed by atoms with E-state index in [4.69, 9.17) is 0 Å². The molecule has 1 aromatic carbocycles. The first kappa shape index (κ1) is 14.3. The summed E-state index contributed by atoms with van der Waals surface area (Å²) in [5, 5.41) is 3.44. The number of fused-ring (bicyclic) bond motifs is 1. The zero-order chi connectivity index (χ0) is 14.7. The Kier molecular flexibility index (Phi) is 4.23. The van der Waals surface area contributed by atoms with Gasteiger partial charge in [0.25, 0.3) is 5.91 Å². The number of nitrogens with one attached hydrogen (secondary N) is 1. The second kappa shape index (κ2) is 5.90. The molecule has 0 saturated carbocycles. The topological polar surface area (TPSA) is 51.1 Å². The normalized spacial score (nSPS) is 12.3. The average molecular weight is 272 g/mol. The Bertz CT molecular complexity index is 688. The lowest BCUT2D eigenvalue weighted by atomic mass is 10.1. The summed E-state index contributed by atoms with van der Waals surface area (Å²) in [5.74, 6) is -0.294. The van der Waals surface area contributed by atoms with E-state index in [1.54, 1.807) is 12.3 Å². The number of para-hydroxylation sites is 1. The van der Waals surface area contributed by atoms with E-state index in [-0.39, 0.29) is 22.9 Å². The van der Waals surface area contributed by atoms with Crippen molar-refractivity contribution in [1.82, 2.24) is 9.88 Å². The van der Waals surface area contributed by atoms with Crippen molar-refractivity contribution >= 4 is 16.8 Å². The molecule has 0 aliphatic rings. The van der Waals surface area contributed by atoms with E-state index in [1.165, 1.54) is 0 Å². The smallest absolute Gasteiger partial charge is 0.256 e. The van der Waals surface area contributed by atoms with Gasteiger partial charge in [0.2, 0.25) is 5.43 Å². The molecule has 0 spiro atoms. The van der Waals surface area contributed by atoms with Crippen molar-refractivity contribution in [2.45, 2.75) is 39.8 Å². The average Bonchev–Trinajstić information content (AvgIpc) is 2.47. The summed E-state index contributed by atoms with van der Waals surface area (Å²) < 4.78 is 1.93. The fourth-order valence-corrected chi connectivity index (χ4v) is 2.17. The molecule has 0 aliphatic carbocycles. The lowest BCUT2D eigenvalue weighted by Crippen LogP contribution is -2.35. The number of nitrogens with zero attached hydrogens (tertiary/aromatic N) is 1. The monoisotopic (exact) mass is 272 g/mol. The maximum Gasteiger partial charge on any atom is 0.256 e. The van der Waals surface area contributed by atoms with Crippen LogP contribution in [-0.4, -0.2) is 16.5 Å². The second-order valence-corrected chi connectivity index (χ2v) is 4.96. The van der Waals surface area contributed by atoms with E-state index >= 15 is 0 Å². The van der Waals surface area contributed by atoms with Crippen LogP contribution in [-0.2, 0) is 6.54 Å². The van der Waals surface area contributed by atoms with Gasteiger partial charge in [0.1, 0.15) is 5.56 Å². The third-order valence-corrected chi connectivity index (χ3v) is 3.56. The number of aromatic nitrogens is 1. The highest BCUT2D eigenvalue weighted by Gasteiger charge is 2.15. The van der Waals surface area contributed by atoms with Crippen molar-refractivity contribution in [3.8, 4) is 0 Å². The minimum absolute atomic E-state index is 0.0587. The summed E-state index contributed by atoms with van der Waals surface area (Å²) >= 11 is 0. The van der Waals surface area contributed by atoms with Crippen LogP contribution < -0.4 is 10.7 Å². The van der Waals surface area contributed by atoms with Crippen molar-refractivity contribution in [1.29, 1.82) is 0 Å². The van der Waals surface area contributed by atoms with Gasteiger partial charge in [-0.25, -0.2) is 0 Å². The molecule has 1 amide bonds. The number of carbonyl (C=O) groups excluding carboxylic acids is 1. The minimum atomic E-state index is -0.294. The lowest BCUT2D eigenvalue weighted by molar-refractivity contribution is 0.0937. The highest BCUT2D eigenvalue weighted by atomic mass is 16.2. The fourth-order valence-electron chi connectivity index (χ4n) is 2.17. The van der Waals surface area contributed by atoms with E-state index < -0.39 is 0 Å². The molecule has 106 valence electrons. The first-order valence-corrected chi connectivity index (χ1v) is 7.01. The van der Waals surface area contributed by atoms with Crippen molar-refractivity contribution < 1.29 is 4.79 Å². The van der Waals surface area contributed by atoms with E-state index in [1.807, 2.05) is 43.5 Å². The first-order valence-electron chi connectivity index (χ1n) is 7.01. The highest BCUT2D eigenvalue weighted by Crippen LogP contribution is 2.11. The van der Waals surface area contributed by atoms with Gasteiger partial charge >= 0.3 is 0 Å². The Labute approximate surface area is 118 Å². The highest BCUT2D eigenvalue weighted by molar-refractivity contribution is 5.97. The Morgan fingerprint density at radius 2 is 2.00 bits per heavy atom. The summed E-state index contributed by atoms with van der Waals surface area (Å²) in [6, 6.07) is 7.44. The molecule has 1 N–H and O–H groups in total. The zero-order valence-corrected chi connectivity index (χ0v) is 12.1. The number of rotatable bonds is 4. The predicted molar refractivity (Wildman–Crippen MR) is 81.1 cm³/mol. The quantitative estimate of drug-likeness (QED) is 0.930. The molecule has 1 aromatic heterocycles. The molecule has 20 heavy (non-hydrogen) atoms. The molecule has 2 aromatic rings. The molecule has 1 heterocycles. The molecule has 0 saturated heterocycles. The van der Waals surface area contributed by atoms with E-state index in [9.17, 15) is 9.59 Å². The van der Waals surface area contributed by atoms with Gasteiger partial charge in [-0.3, -0.25) is 9.59 Å². The third-order valence-electron chi connectivity index (χ3n) is 3.56. The number of hydrogen-bond acceptors (Lipinski definition) is 2. The van der Waals surface area contributed by atoms with Crippen molar-refractivity contribution in [2.75, 3.05) is 0 Å². The molecule has 4 heteroatoms. The van der Waals surface area contributed by atoms with Gasteiger partial charge in [-0.2, -0.15) is 0 Å². The zero-order valence-electron chi connectivity index (χ0n) is 12.1. The summed E-state index contributed by atoms with van der Waals surface area (Å²) in [6.45, 7) is 6.63. The second-order valence-electron chi connectivity index (χ2n) is 4.96. The van der Waals surface area contributed by atoms with E-state index in [2.05, 4.69) is 5.32 Å². The van der Waals surface area contributed by atoms with Gasteiger partial charge in [-0.1, -0.05) is 19.1 Å². The molecule has 2 rings (SSSR count). The van der Waals surface area contributed by atoms with Gasteiger partial charge in [-0.05, 0) is 32.4 Å². The minimum Gasteiger partial charge on any atom is -0.349 e. The molecule has 0 radical (unpaired) electrons. The maximum absolute atomic E-state index is 12.4. The van der Waals surface area contributed by atoms with Crippen LogP contribution in [0.4, 0.5) is 0 Å². The number of pyridine rings is 1. The van der Waals surface area contributed by atoms with Crippen LogP contribution in [0.5, 0.6) is 0 Å². The molecular formula is C16H20N2O2. The molecule has 4 nitrogen and oxygen atoms in total. The fraction of sp³-hybridized carbons (Fsp3) is 0.375. The van der Waals surface area contributed by atoms with Crippen molar-refractivity contribution in [3.05, 3.63) is 46.2 Å². The summed E-state index contributed by atoms with van der Waals surface area (Å²) in [5.41, 5.74) is 0.872. The van der Waals surface area contributed by atoms with Crippen molar-refractivity contribution in [3.63, 3.8) is 0 Å². The summed E-state index contributed by atoms with van der Waals surface area (Å²) in [4.78, 5) is 24.7. The van der Waals surface area contributed by atoms with Crippen LogP contribution in [0.2, 0.25) is 0 Å². The molecule has 0 fully saturated rings. The van der Waals surface area contributed by atoms with Gasteiger partial charge in [-0.15, -0.1) is 0 Å². The Hall–Kier alpha value is -2.10. The summed E-state index contributed by atoms with van der Waals surface area (Å²) in [6.07, 6.45) is 2.49. The van der Waals surface area contributed by atoms with Crippen LogP contribution in [0.1, 0.15) is 37.6 Å². The lowest BCUT2D eigenvalue weighted by Gasteiger charge is -2.14. The van der Waals surface area contributed by atoms with Gasteiger partial charge in [0.15, 0.2) is 0 Å². The van der Waals surface area contributed by atoms with Crippen molar-refractivity contribution in [2.24, 2.45) is 0 Å². The number of hydrogen-bond donors (Lipinski definition) is 1. The Morgan fingerprint density at radius 1 is 1.30 bits per heavy atom. The molecule has 0 bridgehead atoms. The van der Waals surface area contributed by atoms with Crippen LogP contribution in [0.3, 0.4) is 0 Å². The van der Waals surface area contributed by atoms with Crippen LogP contribution in [0.25, 0.3) is 10.9 Å². The number of benzene rings is 1. The number of carbonyl (C=O) groups is 1. The molecular weight excluding hydrogens is 252 g/mol. The standard InChI is InChI=1S/C16H20N2O2/c1-4-11(3)17-16(20)13-10-18(5-2)14-9-7-6-8-12(14)15(13)19/h6-11H,4-5H2,1-3H3,(H,17,20)/t11-/m0/s1. The molecule has 0 aliphatic heterocycles. The van der Waals surface area contributed by atoms with Crippen LogP contribution in [0.15, 0.2) is 35.3 Å². The SMILES string of the molecule is CC[C@H](C)NC(=O)c1cn(CC)c2ccccc2c1=O. The van der Waals surface area contributed by atoms with Gasteiger partial charge in [0.05, 0.1) is 5.52 Å². The van der Waals surface area contributed by atoms with Gasteiger partial charge < -0.3 is 9.88 Å². The third kappa shape index (κ3) is 2.59. The first-order chi connectivity index (χ1) is 9.58. The number of aryl methyl sites for hydroxylation is 1. The largest absolute Gasteiger partial charge is 0.349 e. The van der Waals surface area contributed by atoms with Crippen LogP contribution in [0, 0.1) is 0 Å². The van der Waals surface area contributed by atoms with Gasteiger partial charge in [0, 0.05) is 24.2 Å². The molecule has 0 unspecified atom stereocenters. The Balaban J connectivity index is 2.57. The van der Waals surface area contributed by atoms with E-state index in [0.29, 0.717) is 11.9 Å². The molecule has 1 atom stereocenters. The number of amides is 1. The maximum atomic E-state index is 12.4. The summed E-state index contributed by atoms with van der Waals surface area (Å²) in [7, 11) is 0.